The normalized spacial score (nSPS) is 48.8. The molecule has 6 rings (SSSR count). The van der Waals surface area contributed by atoms with Crippen molar-refractivity contribution < 1.29 is 0 Å². The molecule has 0 aromatic heterocycles. The van der Waals surface area contributed by atoms with Crippen LogP contribution in [0.3, 0.4) is 0 Å². The molecule has 0 aromatic rings. The summed E-state index contributed by atoms with van der Waals surface area (Å²) in [4.78, 5) is 0. The molecule has 172 valence electrons. The van der Waals surface area contributed by atoms with Gasteiger partial charge in [0.05, 0.1) is 0 Å². The topological polar surface area (TPSA) is 0 Å². The van der Waals surface area contributed by atoms with E-state index in [0.717, 1.165) is 41.4 Å². The van der Waals surface area contributed by atoms with Gasteiger partial charge >= 0.3 is 0 Å². The third-order valence-corrected chi connectivity index (χ3v) is 11.3. The highest BCUT2D eigenvalue weighted by Crippen LogP contribution is 2.64. The first kappa shape index (κ1) is 21.8. The average Bonchev–Trinajstić information content (AvgIpc) is 3.11. The van der Waals surface area contributed by atoms with E-state index < -0.39 is 0 Å². The van der Waals surface area contributed by atoms with Crippen LogP contribution in [0, 0.1) is 59.2 Å². The first-order chi connectivity index (χ1) is 14.7. The summed E-state index contributed by atoms with van der Waals surface area (Å²) in [7, 11) is 0. The molecule has 6 aliphatic rings. The van der Waals surface area contributed by atoms with Gasteiger partial charge in [0.25, 0.3) is 0 Å². The summed E-state index contributed by atoms with van der Waals surface area (Å²) in [5.74, 6) is 11.3. The molecule has 6 aliphatic carbocycles. The second kappa shape index (κ2) is 9.87. The Balaban J connectivity index is 0.000000205. The molecule has 0 amide bonds. The van der Waals surface area contributed by atoms with Gasteiger partial charge in [-0.3, -0.25) is 0 Å². The van der Waals surface area contributed by atoms with Gasteiger partial charge in [-0.1, -0.05) is 97.3 Å². The lowest BCUT2D eigenvalue weighted by Gasteiger charge is -2.61. The van der Waals surface area contributed by atoms with Gasteiger partial charge in [0.2, 0.25) is 0 Å². The lowest BCUT2D eigenvalue weighted by atomic mass is 9.44. The highest BCUT2D eigenvalue weighted by molar-refractivity contribution is 5.05. The Morgan fingerprint density at radius 1 is 0.367 bits per heavy atom. The SMILES string of the molecule is CC1CCC2C3CCCC4CCCC(C5CCCC(C1)C52)C43.CC1CCCCCC1. The van der Waals surface area contributed by atoms with E-state index in [1.54, 1.807) is 77.0 Å². The van der Waals surface area contributed by atoms with Crippen LogP contribution in [0.2, 0.25) is 0 Å². The van der Waals surface area contributed by atoms with Crippen LogP contribution in [0.15, 0.2) is 0 Å². The smallest absolute Gasteiger partial charge is 0.0323 e. The van der Waals surface area contributed by atoms with Crippen molar-refractivity contribution in [3.63, 3.8) is 0 Å². The fourth-order valence-corrected chi connectivity index (χ4v) is 10.2. The summed E-state index contributed by atoms with van der Waals surface area (Å²) in [6.45, 7) is 4.95. The van der Waals surface area contributed by atoms with E-state index in [9.17, 15) is 0 Å². The van der Waals surface area contributed by atoms with E-state index in [1.165, 1.54) is 56.3 Å². The molecule has 0 radical (unpaired) electrons. The molecule has 0 aliphatic heterocycles. The Labute approximate surface area is 188 Å². The van der Waals surface area contributed by atoms with Crippen molar-refractivity contribution in [3.8, 4) is 0 Å². The molecule has 6 fully saturated rings. The Hall–Kier alpha value is 0. The summed E-state index contributed by atoms with van der Waals surface area (Å²) in [6.07, 6.45) is 28.1. The number of hydrogen-bond donors (Lipinski definition) is 0. The van der Waals surface area contributed by atoms with Crippen LogP contribution in [0.1, 0.15) is 129 Å². The molecule has 9 unspecified atom stereocenters. The van der Waals surface area contributed by atoms with E-state index >= 15 is 0 Å². The van der Waals surface area contributed by atoms with Crippen molar-refractivity contribution >= 4 is 0 Å². The van der Waals surface area contributed by atoms with Crippen LogP contribution < -0.4 is 0 Å². The summed E-state index contributed by atoms with van der Waals surface area (Å²) in [5.41, 5.74) is 0. The molecular formula is C30H52. The van der Waals surface area contributed by atoms with Crippen LogP contribution in [-0.4, -0.2) is 0 Å². The summed E-state index contributed by atoms with van der Waals surface area (Å²) >= 11 is 0. The van der Waals surface area contributed by atoms with Gasteiger partial charge in [-0.25, -0.2) is 0 Å². The largest absolute Gasteiger partial charge is 0.0625 e. The van der Waals surface area contributed by atoms with Crippen molar-refractivity contribution in [2.45, 2.75) is 129 Å². The molecule has 0 aromatic carbocycles. The van der Waals surface area contributed by atoms with E-state index in [0.29, 0.717) is 0 Å². The van der Waals surface area contributed by atoms with Crippen LogP contribution in [0.4, 0.5) is 0 Å². The molecule has 0 saturated heterocycles. The first-order valence-corrected chi connectivity index (χ1v) is 14.7. The van der Waals surface area contributed by atoms with Gasteiger partial charge in [0, 0.05) is 0 Å². The van der Waals surface area contributed by atoms with Crippen molar-refractivity contribution in [2.75, 3.05) is 0 Å². The maximum atomic E-state index is 2.57. The fraction of sp³-hybridized carbons (Fsp3) is 1.00. The van der Waals surface area contributed by atoms with Crippen molar-refractivity contribution in [3.05, 3.63) is 0 Å². The monoisotopic (exact) mass is 412 g/mol. The average molecular weight is 413 g/mol. The zero-order chi connectivity index (χ0) is 20.5. The van der Waals surface area contributed by atoms with E-state index in [-0.39, 0.29) is 0 Å². The molecule has 0 spiro atoms. The molecular weight excluding hydrogens is 360 g/mol. The summed E-state index contributed by atoms with van der Waals surface area (Å²) in [5, 5.41) is 0. The zero-order valence-electron chi connectivity index (χ0n) is 20.5. The second-order valence-electron chi connectivity index (χ2n) is 13.1. The third-order valence-electron chi connectivity index (χ3n) is 11.3. The molecule has 0 nitrogen and oxygen atoms in total. The summed E-state index contributed by atoms with van der Waals surface area (Å²) in [6, 6.07) is 0. The van der Waals surface area contributed by atoms with Gasteiger partial charge in [0.15, 0.2) is 0 Å². The van der Waals surface area contributed by atoms with E-state index in [4.69, 9.17) is 0 Å². The van der Waals surface area contributed by atoms with Crippen molar-refractivity contribution in [2.24, 2.45) is 59.2 Å². The number of hydrogen-bond acceptors (Lipinski definition) is 0. The van der Waals surface area contributed by atoms with Gasteiger partial charge in [-0.2, -0.15) is 0 Å². The maximum Gasteiger partial charge on any atom is -0.0323 e. The Bertz CT molecular complexity index is 526. The zero-order valence-corrected chi connectivity index (χ0v) is 20.5. The lowest BCUT2D eigenvalue weighted by molar-refractivity contribution is -0.121. The van der Waals surface area contributed by atoms with E-state index in [1.807, 2.05) is 0 Å². The van der Waals surface area contributed by atoms with Gasteiger partial charge in [-0.15, -0.1) is 0 Å². The molecule has 0 heteroatoms. The molecule has 0 bridgehead atoms. The minimum absolute atomic E-state index is 1.02. The maximum absolute atomic E-state index is 2.57. The van der Waals surface area contributed by atoms with Crippen LogP contribution >= 0.6 is 0 Å². The molecule has 9 atom stereocenters. The number of rotatable bonds is 0. The Morgan fingerprint density at radius 3 is 1.47 bits per heavy atom. The molecule has 30 heavy (non-hydrogen) atoms. The fourth-order valence-electron chi connectivity index (χ4n) is 10.2. The van der Waals surface area contributed by atoms with Gasteiger partial charge < -0.3 is 0 Å². The van der Waals surface area contributed by atoms with Crippen LogP contribution in [0.25, 0.3) is 0 Å². The van der Waals surface area contributed by atoms with Crippen molar-refractivity contribution in [1.29, 1.82) is 0 Å². The minimum Gasteiger partial charge on any atom is -0.0625 e. The predicted molar refractivity (Wildman–Crippen MR) is 129 cm³/mol. The predicted octanol–water partition coefficient (Wildman–Crippen LogP) is 9.28. The molecule has 0 N–H and O–H groups in total. The lowest BCUT2D eigenvalue weighted by Crippen LogP contribution is -2.54. The Morgan fingerprint density at radius 2 is 0.867 bits per heavy atom. The minimum atomic E-state index is 1.02. The van der Waals surface area contributed by atoms with Crippen molar-refractivity contribution in [1.82, 2.24) is 0 Å². The quantitative estimate of drug-likeness (QED) is 0.348. The second-order valence-corrected chi connectivity index (χ2v) is 13.1. The van der Waals surface area contributed by atoms with Crippen LogP contribution in [-0.2, 0) is 0 Å². The third kappa shape index (κ3) is 4.41. The van der Waals surface area contributed by atoms with E-state index in [2.05, 4.69) is 13.8 Å². The number of fused-ring (bicyclic) bond motifs is 2. The first-order valence-electron chi connectivity index (χ1n) is 14.7. The summed E-state index contributed by atoms with van der Waals surface area (Å²) < 4.78 is 0. The standard InChI is InChI=1S/C22H36.C8H16/c1-14-11-12-20-19-9-3-6-15-5-2-8-17(21(15)19)18-10-4-7-16(13-14)22(18)20;1-8-6-4-2-3-5-7-8/h14-22H,2-13H2,1H3;8H,2-7H2,1H3. The van der Waals surface area contributed by atoms with Gasteiger partial charge in [0.1, 0.15) is 0 Å². The van der Waals surface area contributed by atoms with Crippen LogP contribution in [0.5, 0.6) is 0 Å². The molecule has 0 heterocycles. The highest BCUT2D eigenvalue weighted by Gasteiger charge is 2.56. The Kier molecular flexibility index (Phi) is 7.18. The highest BCUT2D eigenvalue weighted by atomic mass is 14.6. The molecule has 6 saturated carbocycles. The van der Waals surface area contributed by atoms with Gasteiger partial charge in [-0.05, 0) is 91.3 Å².